The van der Waals surface area contributed by atoms with Gasteiger partial charge in [0.1, 0.15) is 23.3 Å². The van der Waals surface area contributed by atoms with E-state index in [1.165, 1.54) is 6.20 Å². The first kappa shape index (κ1) is 20.2. The van der Waals surface area contributed by atoms with Crippen molar-refractivity contribution in [3.63, 3.8) is 0 Å². The van der Waals surface area contributed by atoms with Crippen LogP contribution in [-0.4, -0.2) is 25.2 Å². The summed E-state index contributed by atoms with van der Waals surface area (Å²) in [4.78, 5) is 13.5. The Hall–Kier alpha value is -3.54. The molecule has 1 unspecified atom stereocenters. The van der Waals surface area contributed by atoms with Gasteiger partial charge in [0.15, 0.2) is 5.78 Å². The number of carbonyl (C=O) groups excluding carboxylic acids is 1. The zero-order chi connectivity index (χ0) is 20.8. The van der Waals surface area contributed by atoms with Crippen molar-refractivity contribution in [2.24, 2.45) is 5.73 Å². The molecule has 1 aliphatic heterocycles. The van der Waals surface area contributed by atoms with E-state index in [-0.39, 0.29) is 17.1 Å². The van der Waals surface area contributed by atoms with Crippen molar-refractivity contribution in [2.45, 2.75) is 19.4 Å². The highest BCUT2D eigenvalue weighted by Gasteiger charge is 2.29. The van der Waals surface area contributed by atoms with Gasteiger partial charge in [-0.3, -0.25) is 10.2 Å². The minimum absolute atomic E-state index is 0.000413. The number of ketones is 1. The molecule has 1 heterocycles. The predicted octanol–water partition coefficient (Wildman–Crippen LogP) is 3.89. The molecule has 1 aliphatic rings. The van der Waals surface area contributed by atoms with E-state index in [1.807, 2.05) is 55.5 Å². The maximum absolute atomic E-state index is 13.5. The van der Waals surface area contributed by atoms with Gasteiger partial charge in [-0.05, 0) is 30.7 Å². The number of ether oxygens (including phenoxy) is 2. The summed E-state index contributed by atoms with van der Waals surface area (Å²) in [6.07, 6.45) is 3.70. The lowest BCUT2D eigenvalue weighted by molar-refractivity contribution is -0.115. The molecule has 6 heteroatoms. The second-order valence-corrected chi connectivity index (χ2v) is 6.75. The maximum Gasteiger partial charge on any atom is 0.193 e. The van der Waals surface area contributed by atoms with Crippen LogP contribution in [0.1, 0.15) is 23.6 Å². The summed E-state index contributed by atoms with van der Waals surface area (Å²) in [5.41, 5.74) is 8.47. The average Bonchev–Trinajstić information content (AvgIpc) is 3.28. The van der Waals surface area contributed by atoms with Crippen LogP contribution in [0.15, 0.2) is 72.1 Å². The van der Waals surface area contributed by atoms with Crippen LogP contribution < -0.4 is 15.8 Å². The third-order valence-electron chi connectivity index (χ3n) is 4.71. The molecule has 0 saturated carbocycles. The number of hydrogen-bond acceptors (Lipinski definition) is 6. The van der Waals surface area contributed by atoms with Crippen molar-refractivity contribution >= 4 is 17.2 Å². The molecule has 0 aliphatic carbocycles. The molecule has 6 nitrogen and oxygen atoms in total. The van der Waals surface area contributed by atoms with E-state index in [2.05, 4.69) is 5.32 Å². The first-order valence-corrected chi connectivity index (χ1v) is 9.39. The fourth-order valence-electron chi connectivity index (χ4n) is 3.11. The molecule has 150 valence electrons. The second kappa shape index (κ2) is 9.10. The van der Waals surface area contributed by atoms with E-state index in [9.17, 15) is 4.79 Å². The molecule has 1 atom stereocenters. The van der Waals surface area contributed by atoms with Crippen LogP contribution in [0.3, 0.4) is 0 Å². The van der Waals surface area contributed by atoms with Crippen LogP contribution in [-0.2, 0) is 9.53 Å². The molecular formula is C23H25N3O3. The Labute approximate surface area is 170 Å². The van der Waals surface area contributed by atoms with E-state index in [0.29, 0.717) is 24.5 Å². The number of benzene rings is 2. The predicted molar refractivity (Wildman–Crippen MR) is 114 cm³/mol. The molecule has 4 N–H and O–H groups in total. The summed E-state index contributed by atoms with van der Waals surface area (Å²) in [5, 5.41) is 11.7. The molecule has 2 aromatic rings. The van der Waals surface area contributed by atoms with Gasteiger partial charge >= 0.3 is 0 Å². The number of nitrogens with two attached hydrogens (primary N) is 1. The molecule has 0 amide bonds. The molecule has 3 rings (SSSR count). The number of anilines is 1. The smallest absolute Gasteiger partial charge is 0.193 e. The Morgan fingerprint density at radius 3 is 2.66 bits per heavy atom. The molecule has 0 aromatic heterocycles. The molecule has 0 bridgehead atoms. The Kier molecular flexibility index (Phi) is 6.34. The van der Waals surface area contributed by atoms with E-state index < -0.39 is 6.04 Å². The molecular weight excluding hydrogens is 366 g/mol. The topological polar surface area (TPSA) is 97.4 Å². The molecule has 0 saturated heterocycles. The summed E-state index contributed by atoms with van der Waals surface area (Å²) in [5.74, 6) is 0.761. The quantitative estimate of drug-likeness (QED) is 0.468. The number of nitrogens with one attached hydrogen (secondary N) is 2. The normalized spacial score (nSPS) is 14.6. The molecule has 2 aromatic carbocycles. The minimum atomic E-state index is -0.722. The Morgan fingerprint density at radius 2 is 2.03 bits per heavy atom. The van der Waals surface area contributed by atoms with Gasteiger partial charge in [-0.2, -0.15) is 0 Å². The number of aryl methyl sites for hydroxylation is 1. The SMILES string of the molecule is COc1cccc(NC(C(=O)/C(=C/N)C(=N)C2=CCCO2)c2ccc(C)cc2)c1. The Morgan fingerprint density at radius 1 is 1.28 bits per heavy atom. The van der Waals surface area contributed by atoms with Crippen LogP contribution in [0.2, 0.25) is 0 Å². The summed E-state index contributed by atoms with van der Waals surface area (Å²) in [7, 11) is 1.59. The van der Waals surface area contributed by atoms with E-state index >= 15 is 0 Å². The van der Waals surface area contributed by atoms with Crippen LogP contribution in [0.25, 0.3) is 0 Å². The highest BCUT2D eigenvalue weighted by Crippen LogP contribution is 2.27. The highest BCUT2D eigenvalue weighted by molar-refractivity contribution is 6.28. The van der Waals surface area contributed by atoms with Crippen LogP contribution in [0.4, 0.5) is 5.69 Å². The first-order chi connectivity index (χ1) is 14.0. The fourth-order valence-corrected chi connectivity index (χ4v) is 3.11. The minimum Gasteiger partial charge on any atom is -0.497 e. The first-order valence-electron chi connectivity index (χ1n) is 9.39. The number of Topliss-reactive ketones (excluding diaryl/α,β-unsaturated/α-hetero) is 1. The lowest BCUT2D eigenvalue weighted by Gasteiger charge is -2.21. The fraction of sp³-hybridized carbons (Fsp3) is 0.217. The Balaban J connectivity index is 1.95. The van der Waals surface area contributed by atoms with Crippen LogP contribution in [0, 0.1) is 12.3 Å². The number of hydrogen-bond donors (Lipinski definition) is 3. The molecule has 29 heavy (non-hydrogen) atoms. The standard InChI is InChI=1S/C23H25N3O3/c1-15-8-10-16(11-9-15)22(26-17-5-3-6-18(13-17)28-2)23(27)19(14-24)21(25)20-7-4-12-29-20/h3,5-11,13-14,22,25-26H,4,12,24H2,1-2H3/b19-14+,25-21?. The van der Waals surface area contributed by atoms with Crippen molar-refractivity contribution in [3.05, 3.63) is 83.3 Å². The van der Waals surface area contributed by atoms with Gasteiger partial charge in [-0.1, -0.05) is 35.9 Å². The highest BCUT2D eigenvalue weighted by atomic mass is 16.5. The summed E-state index contributed by atoms with van der Waals surface area (Å²) < 4.78 is 10.7. The van der Waals surface area contributed by atoms with Crippen molar-refractivity contribution in [1.29, 1.82) is 5.41 Å². The van der Waals surface area contributed by atoms with E-state index in [1.54, 1.807) is 13.2 Å². The van der Waals surface area contributed by atoms with Crippen LogP contribution >= 0.6 is 0 Å². The van der Waals surface area contributed by atoms with Gasteiger partial charge in [0, 0.05) is 24.4 Å². The lowest BCUT2D eigenvalue weighted by atomic mass is 9.93. The van der Waals surface area contributed by atoms with Gasteiger partial charge < -0.3 is 20.5 Å². The van der Waals surface area contributed by atoms with Gasteiger partial charge in [-0.15, -0.1) is 0 Å². The third-order valence-corrected chi connectivity index (χ3v) is 4.71. The number of rotatable bonds is 8. The second-order valence-electron chi connectivity index (χ2n) is 6.75. The van der Waals surface area contributed by atoms with Gasteiger partial charge in [-0.25, -0.2) is 0 Å². The van der Waals surface area contributed by atoms with Gasteiger partial charge in [0.2, 0.25) is 0 Å². The average molecular weight is 391 g/mol. The number of methoxy groups -OCH3 is 1. The molecule has 0 spiro atoms. The number of allylic oxidation sites excluding steroid dienone is 1. The third kappa shape index (κ3) is 4.66. The summed E-state index contributed by atoms with van der Waals surface area (Å²) >= 11 is 0. The van der Waals surface area contributed by atoms with Gasteiger partial charge in [0.25, 0.3) is 0 Å². The van der Waals surface area contributed by atoms with Crippen LogP contribution in [0.5, 0.6) is 5.75 Å². The monoisotopic (exact) mass is 391 g/mol. The lowest BCUT2D eigenvalue weighted by Crippen LogP contribution is -2.27. The van der Waals surface area contributed by atoms with Crippen molar-refractivity contribution < 1.29 is 14.3 Å². The summed E-state index contributed by atoms with van der Waals surface area (Å²) in [6, 6.07) is 14.3. The molecule has 0 fully saturated rings. The van der Waals surface area contributed by atoms with Crippen molar-refractivity contribution in [2.75, 3.05) is 19.0 Å². The van der Waals surface area contributed by atoms with Crippen molar-refractivity contribution in [3.8, 4) is 5.75 Å². The number of carbonyl (C=O) groups is 1. The zero-order valence-corrected chi connectivity index (χ0v) is 16.6. The Bertz CT molecular complexity index is 962. The zero-order valence-electron chi connectivity index (χ0n) is 16.6. The summed E-state index contributed by atoms with van der Waals surface area (Å²) in [6.45, 7) is 2.49. The van der Waals surface area contributed by atoms with Crippen molar-refractivity contribution in [1.82, 2.24) is 0 Å². The van der Waals surface area contributed by atoms with E-state index in [4.69, 9.17) is 20.6 Å². The maximum atomic E-state index is 13.5. The largest absolute Gasteiger partial charge is 0.497 e. The van der Waals surface area contributed by atoms with E-state index in [0.717, 1.165) is 16.8 Å². The van der Waals surface area contributed by atoms with Gasteiger partial charge in [0.05, 0.1) is 19.3 Å². The molecule has 0 radical (unpaired) electrons.